The maximum Gasteiger partial charge on any atom is 0.118 e. The molecule has 0 saturated carbocycles. The van der Waals surface area contributed by atoms with Crippen molar-refractivity contribution in [3.63, 3.8) is 0 Å². The Hall–Kier alpha value is -1.06. The molecule has 0 bridgehead atoms. The first kappa shape index (κ1) is 11.0. The molecule has 14 heavy (non-hydrogen) atoms. The predicted molar refractivity (Wildman–Crippen MR) is 56.2 cm³/mol. The second-order valence-electron chi connectivity index (χ2n) is 3.27. The topological polar surface area (TPSA) is 55.5 Å². The van der Waals surface area contributed by atoms with E-state index >= 15 is 0 Å². The standard InChI is InChI=1S/C11H17NO2/c1-3-10(13)11(12)8-4-6-9(14-2)7-5-8/h4-7,10-11,13H,3,12H2,1-2H3/t10-,11+/m0/s1. The average Bonchev–Trinajstić information content (AvgIpc) is 2.27. The van der Waals surface area contributed by atoms with Gasteiger partial charge in [0.05, 0.1) is 19.3 Å². The number of benzene rings is 1. The van der Waals surface area contributed by atoms with Crippen molar-refractivity contribution in [1.29, 1.82) is 0 Å². The smallest absolute Gasteiger partial charge is 0.118 e. The normalized spacial score (nSPS) is 14.9. The van der Waals surface area contributed by atoms with Gasteiger partial charge in [-0.25, -0.2) is 0 Å². The molecule has 0 saturated heterocycles. The van der Waals surface area contributed by atoms with Crippen LogP contribution >= 0.6 is 0 Å². The zero-order valence-corrected chi connectivity index (χ0v) is 8.60. The molecule has 0 fully saturated rings. The Bertz CT molecular complexity index is 271. The van der Waals surface area contributed by atoms with Gasteiger partial charge in [0.1, 0.15) is 5.75 Å². The summed E-state index contributed by atoms with van der Waals surface area (Å²) in [7, 11) is 1.62. The van der Waals surface area contributed by atoms with E-state index in [1.54, 1.807) is 7.11 Å². The molecule has 78 valence electrons. The molecule has 0 aromatic heterocycles. The Balaban J connectivity index is 2.75. The maximum atomic E-state index is 9.55. The molecule has 3 heteroatoms. The SMILES string of the molecule is CC[C@H](O)[C@H](N)c1ccc(OC)cc1. The van der Waals surface area contributed by atoms with Gasteiger partial charge in [0.25, 0.3) is 0 Å². The van der Waals surface area contributed by atoms with Crippen LogP contribution < -0.4 is 10.5 Å². The number of aliphatic hydroxyl groups is 1. The van der Waals surface area contributed by atoms with Crippen molar-refractivity contribution < 1.29 is 9.84 Å². The summed E-state index contributed by atoms with van der Waals surface area (Å²) in [5, 5.41) is 9.55. The quantitative estimate of drug-likeness (QED) is 0.764. The van der Waals surface area contributed by atoms with Gasteiger partial charge < -0.3 is 15.6 Å². The van der Waals surface area contributed by atoms with Crippen molar-refractivity contribution >= 4 is 0 Å². The summed E-state index contributed by atoms with van der Waals surface area (Å²) in [6.45, 7) is 1.91. The van der Waals surface area contributed by atoms with E-state index in [1.807, 2.05) is 31.2 Å². The highest BCUT2D eigenvalue weighted by Gasteiger charge is 2.14. The number of ether oxygens (including phenoxy) is 1. The summed E-state index contributed by atoms with van der Waals surface area (Å²) in [4.78, 5) is 0. The fraction of sp³-hybridized carbons (Fsp3) is 0.455. The average molecular weight is 195 g/mol. The van der Waals surface area contributed by atoms with Gasteiger partial charge >= 0.3 is 0 Å². The Labute approximate surface area is 84.5 Å². The first-order chi connectivity index (χ1) is 6.69. The highest BCUT2D eigenvalue weighted by Crippen LogP contribution is 2.19. The van der Waals surface area contributed by atoms with E-state index < -0.39 is 6.10 Å². The number of aliphatic hydroxyl groups excluding tert-OH is 1. The minimum absolute atomic E-state index is 0.314. The van der Waals surface area contributed by atoms with Crippen molar-refractivity contribution in [1.82, 2.24) is 0 Å². The molecule has 3 nitrogen and oxygen atoms in total. The van der Waals surface area contributed by atoms with E-state index in [0.717, 1.165) is 11.3 Å². The lowest BCUT2D eigenvalue weighted by Crippen LogP contribution is -2.25. The molecule has 0 heterocycles. The van der Waals surface area contributed by atoms with Crippen LogP contribution in [0, 0.1) is 0 Å². The van der Waals surface area contributed by atoms with E-state index in [-0.39, 0.29) is 6.04 Å². The molecule has 3 N–H and O–H groups in total. The van der Waals surface area contributed by atoms with E-state index in [0.29, 0.717) is 6.42 Å². The van der Waals surface area contributed by atoms with E-state index in [1.165, 1.54) is 0 Å². The van der Waals surface area contributed by atoms with Gasteiger partial charge in [0.15, 0.2) is 0 Å². The van der Waals surface area contributed by atoms with Crippen LogP contribution in [0.4, 0.5) is 0 Å². The molecule has 1 rings (SSSR count). The highest BCUT2D eigenvalue weighted by atomic mass is 16.5. The van der Waals surface area contributed by atoms with Gasteiger partial charge in [-0.2, -0.15) is 0 Å². The lowest BCUT2D eigenvalue weighted by atomic mass is 10.0. The third-order valence-electron chi connectivity index (χ3n) is 2.33. The van der Waals surface area contributed by atoms with Crippen LogP contribution in [0.1, 0.15) is 24.9 Å². The van der Waals surface area contributed by atoms with Gasteiger partial charge in [-0.15, -0.1) is 0 Å². The summed E-state index contributed by atoms with van der Waals surface area (Å²) in [6, 6.07) is 7.13. The van der Waals surface area contributed by atoms with Crippen molar-refractivity contribution in [3.05, 3.63) is 29.8 Å². The molecule has 0 aliphatic rings. The molecule has 1 aromatic rings. The number of hydrogen-bond acceptors (Lipinski definition) is 3. The second kappa shape index (κ2) is 4.98. The lowest BCUT2D eigenvalue weighted by Gasteiger charge is -2.17. The molecule has 1 aromatic carbocycles. The van der Waals surface area contributed by atoms with Crippen LogP contribution in [-0.4, -0.2) is 18.3 Å². The summed E-state index contributed by atoms with van der Waals surface area (Å²) >= 11 is 0. The molecule has 0 spiro atoms. The van der Waals surface area contributed by atoms with Crippen LogP contribution in [0.2, 0.25) is 0 Å². The minimum atomic E-state index is -0.483. The molecular weight excluding hydrogens is 178 g/mol. The Kier molecular flexibility index (Phi) is 3.92. The van der Waals surface area contributed by atoms with Crippen molar-refractivity contribution in [2.24, 2.45) is 5.73 Å². The molecule has 0 radical (unpaired) electrons. The van der Waals surface area contributed by atoms with Gasteiger partial charge in [-0.05, 0) is 24.1 Å². The molecule has 0 amide bonds. The summed E-state index contributed by atoms with van der Waals surface area (Å²) in [5.74, 6) is 0.798. The van der Waals surface area contributed by atoms with Gasteiger partial charge in [-0.1, -0.05) is 19.1 Å². The molecule has 2 atom stereocenters. The maximum absolute atomic E-state index is 9.55. The number of methoxy groups -OCH3 is 1. The third-order valence-corrected chi connectivity index (χ3v) is 2.33. The van der Waals surface area contributed by atoms with Crippen molar-refractivity contribution in [3.8, 4) is 5.75 Å². The van der Waals surface area contributed by atoms with Crippen molar-refractivity contribution in [2.45, 2.75) is 25.5 Å². The summed E-state index contributed by atoms with van der Waals surface area (Å²) < 4.78 is 5.03. The fourth-order valence-electron chi connectivity index (χ4n) is 1.30. The van der Waals surface area contributed by atoms with Crippen LogP contribution in [0.25, 0.3) is 0 Å². The highest BCUT2D eigenvalue weighted by molar-refractivity contribution is 5.29. The molecule has 0 aliphatic carbocycles. The monoisotopic (exact) mass is 195 g/mol. The Morgan fingerprint density at radius 2 is 1.93 bits per heavy atom. The number of hydrogen-bond donors (Lipinski definition) is 2. The number of nitrogens with two attached hydrogens (primary N) is 1. The first-order valence-corrected chi connectivity index (χ1v) is 4.76. The lowest BCUT2D eigenvalue weighted by molar-refractivity contribution is 0.140. The van der Waals surface area contributed by atoms with Gasteiger partial charge in [0.2, 0.25) is 0 Å². The minimum Gasteiger partial charge on any atom is -0.497 e. The largest absolute Gasteiger partial charge is 0.497 e. The second-order valence-corrected chi connectivity index (χ2v) is 3.27. The first-order valence-electron chi connectivity index (χ1n) is 4.76. The summed E-state index contributed by atoms with van der Waals surface area (Å²) in [5.41, 5.74) is 6.78. The van der Waals surface area contributed by atoms with Crippen LogP contribution in [0.3, 0.4) is 0 Å². The Morgan fingerprint density at radius 1 is 1.36 bits per heavy atom. The summed E-state index contributed by atoms with van der Waals surface area (Å²) in [6.07, 6.45) is 0.177. The number of rotatable bonds is 4. The molecular formula is C11H17NO2. The van der Waals surface area contributed by atoms with Gasteiger partial charge in [0, 0.05) is 0 Å². The van der Waals surface area contributed by atoms with E-state index in [2.05, 4.69) is 0 Å². The molecule has 0 unspecified atom stereocenters. The predicted octanol–water partition coefficient (Wildman–Crippen LogP) is 1.47. The van der Waals surface area contributed by atoms with E-state index in [4.69, 9.17) is 10.5 Å². The van der Waals surface area contributed by atoms with Crippen LogP contribution in [-0.2, 0) is 0 Å². The Morgan fingerprint density at radius 3 is 2.36 bits per heavy atom. The van der Waals surface area contributed by atoms with Crippen LogP contribution in [0.5, 0.6) is 5.75 Å². The fourth-order valence-corrected chi connectivity index (χ4v) is 1.30. The molecule has 0 aliphatic heterocycles. The van der Waals surface area contributed by atoms with E-state index in [9.17, 15) is 5.11 Å². The van der Waals surface area contributed by atoms with Crippen molar-refractivity contribution in [2.75, 3.05) is 7.11 Å². The zero-order chi connectivity index (χ0) is 10.6. The zero-order valence-electron chi connectivity index (χ0n) is 8.60. The van der Waals surface area contributed by atoms with Gasteiger partial charge in [-0.3, -0.25) is 0 Å². The van der Waals surface area contributed by atoms with Crippen LogP contribution in [0.15, 0.2) is 24.3 Å². The third kappa shape index (κ3) is 2.47.